The SMILES string of the molecule is CC(C)c1ccc(C(C)Oc2ccc(C(N)=O)cc2)cc1. The molecular weight excluding hydrogens is 262 g/mol. The zero-order valence-electron chi connectivity index (χ0n) is 12.7. The maximum Gasteiger partial charge on any atom is 0.248 e. The fraction of sp³-hybridized carbons (Fsp3) is 0.278. The number of benzene rings is 2. The van der Waals surface area contributed by atoms with Crippen LogP contribution in [-0.4, -0.2) is 5.91 Å². The molecular formula is C18H21NO2. The largest absolute Gasteiger partial charge is 0.486 e. The Morgan fingerprint density at radius 1 is 0.905 bits per heavy atom. The van der Waals surface area contributed by atoms with Crippen LogP contribution in [-0.2, 0) is 0 Å². The molecule has 2 aromatic carbocycles. The Bertz CT molecular complexity index is 600. The van der Waals surface area contributed by atoms with Crippen LogP contribution < -0.4 is 10.5 Å². The van der Waals surface area contributed by atoms with E-state index in [1.165, 1.54) is 5.56 Å². The molecule has 1 atom stereocenters. The fourth-order valence-electron chi connectivity index (χ4n) is 2.12. The molecule has 3 nitrogen and oxygen atoms in total. The van der Waals surface area contributed by atoms with Crippen molar-refractivity contribution < 1.29 is 9.53 Å². The lowest BCUT2D eigenvalue weighted by Crippen LogP contribution is -2.10. The Morgan fingerprint density at radius 2 is 1.43 bits per heavy atom. The smallest absolute Gasteiger partial charge is 0.248 e. The summed E-state index contributed by atoms with van der Waals surface area (Å²) in [5.74, 6) is 0.816. The highest BCUT2D eigenvalue weighted by Crippen LogP contribution is 2.23. The number of rotatable bonds is 5. The predicted octanol–water partition coefficient (Wildman–Crippen LogP) is 4.05. The predicted molar refractivity (Wildman–Crippen MR) is 84.5 cm³/mol. The van der Waals surface area contributed by atoms with Crippen molar-refractivity contribution >= 4 is 5.91 Å². The minimum atomic E-state index is -0.432. The summed E-state index contributed by atoms with van der Waals surface area (Å²) in [6.07, 6.45) is -0.0503. The summed E-state index contributed by atoms with van der Waals surface area (Å²) >= 11 is 0. The van der Waals surface area contributed by atoms with E-state index in [2.05, 4.69) is 38.1 Å². The normalized spacial score (nSPS) is 12.2. The van der Waals surface area contributed by atoms with E-state index in [4.69, 9.17) is 10.5 Å². The van der Waals surface area contributed by atoms with Crippen molar-refractivity contribution in [3.63, 3.8) is 0 Å². The number of nitrogens with two attached hydrogens (primary N) is 1. The van der Waals surface area contributed by atoms with Gasteiger partial charge < -0.3 is 10.5 Å². The van der Waals surface area contributed by atoms with Gasteiger partial charge in [-0.2, -0.15) is 0 Å². The third-order valence-corrected chi connectivity index (χ3v) is 3.52. The molecule has 0 aromatic heterocycles. The molecule has 0 bridgehead atoms. The van der Waals surface area contributed by atoms with Crippen molar-refractivity contribution in [1.29, 1.82) is 0 Å². The second-order valence-electron chi connectivity index (χ2n) is 5.47. The number of carbonyl (C=O) groups is 1. The molecule has 0 spiro atoms. The van der Waals surface area contributed by atoms with Crippen LogP contribution in [0.25, 0.3) is 0 Å². The van der Waals surface area contributed by atoms with E-state index in [1.54, 1.807) is 24.3 Å². The number of hydrogen-bond acceptors (Lipinski definition) is 2. The molecule has 1 unspecified atom stereocenters. The van der Waals surface area contributed by atoms with Crippen molar-refractivity contribution in [2.24, 2.45) is 5.73 Å². The van der Waals surface area contributed by atoms with E-state index in [1.807, 2.05) is 6.92 Å². The van der Waals surface area contributed by atoms with Crippen LogP contribution in [0.1, 0.15) is 54.3 Å². The van der Waals surface area contributed by atoms with Crippen molar-refractivity contribution in [2.45, 2.75) is 32.8 Å². The van der Waals surface area contributed by atoms with E-state index in [0.717, 1.165) is 11.3 Å². The van der Waals surface area contributed by atoms with Gasteiger partial charge in [-0.05, 0) is 48.2 Å². The third kappa shape index (κ3) is 3.85. The average Bonchev–Trinajstić information content (AvgIpc) is 2.47. The van der Waals surface area contributed by atoms with E-state index in [9.17, 15) is 4.79 Å². The van der Waals surface area contributed by atoms with Gasteiger partial charge in [-0.25, -0.2) is 0 Å². The molecule has 0 heterocycles. The van der Waals surface area contributed by atoms with Gasteiger partial charge >= 0.3 is 0 Å². The standard InChI is InChI=1S/C18H21NO2/c1-12(2)14-4-6-15(7-5-14)13(3)21-17-10-8-16(9-11-17)18(19)20/h4-13H,1-3H3,(H2,19,20). The van der Waals surface area contributed by atoms with Crippen molar-refractivity contribution in [3.8, 4) is 5.75 Å². The molecule has 2 N–H and O–H groups in total. The van der Waals surface area contributed by atoms with Crippen LogP contribution in [0.15, 0.2) is 48.5 Å². The van der Waals surface area contributed by atoms with Gasteiger partial charge in [0.1, 0.15) is 11.9 Å². The van der Waals surface area contributed by atoms with Gasteiger partial charge in [0.25, 0.3) is 0 Å². The van der Waals surface area contributed by atoms with Gasteiger partial charge in [-0.3, -0.25) is 4.79 Å². The first-order valence-electron chi connectivity index (χ1n) is 7.13. The van der Waals surface area contributed by atoms with Gasteiger partial charge in [0, 0.05) is 5.56 Å². The Kier molecular flexibility index (Phi) is 4.63. The van der Waals surface area contributed by atoms with Crippen LogP contribution in [0.3, 0.4) is 0 Å². The average molecular weight is 283 g/mol. The molecule has 21 heavy (non-hydrogen) atoms. The number of ether oxygens (including phenoxy) is 1. The van der Waals surface area contributed by atoms with Crippen LogP contribution in [0.5, 0.6) is 5.75 Å². The van der Waals surface area contributed by atoms with Gasteiger partial charge in [0.15, 0.2) is 0 Å². The number of primary amides is 1. The van der Waals surface area contributed by atoms with E-state index in [0.29, 0.717) is 11.5 Å². The number of hydrogen-bond donors (Lipinski definition) is 1. The first kappa shape index (κ1) is 15.1. The summed E-state index contributed by atoms with van der Waals surface area (Å²) < 4.78 is 5.88. The Hall–Kier alpha value is -2.29. The van der Waals surface area contributed by atoms with Crippen LogP contribution >= 0.6 is 0 Å². The summed E-state index contributed by atoms with van der Waals surface area (Å²) in [4.78, 5) is 11.0. The minimum absolute atomic E-state index is 0.0503. The summed E-state index contributed by atoms with van der Waals surface area (Å²) in [6, 6.07) is 15.3. The molecule has 0 fully saturated rings. The van der Waals surface area contributed by atoms with Crippen molar-refractivity contribution in [3.05, 3.63) is 65.2 Å². The second-order valence-corrected chi connectivity index (χ2v) is 5.47. The molecule has 0 saturated heterocycles. The highest BCUT2D eigenvalue weighted by atomic mass is 16.5. The molecule has 1 amide bonds. The van der Waals surface area contributed by atoms with Crippen LogP contribution in [0.2, 0.25) is 0 Å². The van der Waals surface area contributed by atoms with Gasteiger partial charge in [-0.1, -0.05) is 38.1 Å². The van der Waals surface area contributed by atoms with Crippen molar-refractivity contribution in [1.82, 2.24) is 0 Å². The molecule has 2 aromatic rings. The molecule has 0 aliphatic heterocycles. The number of carbonyl (C=O) groups excluding carboxylic acids is 1. The molecule has 0 aliphatic rings. The summed E-state index contributed by atoms with van der Waals surface area (Å²) in [6.45, 7) is 6.36. The zero-order chi connectivity index (χ0) is 15.4. The summed E-state index contributed by atoms with van der Waals surface area (Å²) in [5, 5.41) is 0. The number of amides is 1. The lowest BCUT2D eigenvalue weighted by molar-refractivity contribution is 0.1000. The van der Waals surface area contributed by atoms with E-state index >= 15 is 0 Å². The second kappa shape index (κ2) is 6.44. The maximum absolute atomic E-state index is 11.0. The monoisotopic (exact) mass is 283 g/mol. The molecule has 2 rings (SSSR count). The Morgan fingerprint density at radius 3 is 1.90 bits per heavy atom. The molecule has 0 radical (unpaired) electrons. The molecule has 110 valence electrons. The first-order chi connectivity index (χ1) is 9.97. The minimum Gasteiger partial charge on any atom is -0.486 e. The summed E-state index contributed by atoms with van der Waals surface area (Å²) in [5.41, 5.74) is 8.14. The van der Waals surface area contributed by atoms with E-state index in [-0.39, 0.29) is 6.10 Å². The lowest BCUT2D eigenvalue weighted by atomic mass is 10.0. The quantitative estimate of drug-likeness (QED) is 0.900. The zero-order valence-corrected chi connectivity index (χ0v) is 12.7. The molecule has 3 heteroatoms. The Labute approximate surface area is 125 Å². The molecule has 0 saturated carbocycles. The highest BCUT2D eigenvalue weighted by Gasteiger charge is 2.09. The maximum atomic E-state index is 11.0. The van der Waals surface area contributed by atoms with Crippen LogP contribution in [0, 0.1) is 0 Å². The topological polar surface area (TPSA) is 52.3 Å². The lowest BCUT2D eigenvalue weighted by Gasteiger charge is -2.16. The highest BCUT2D eigenvalue weighted by molar-refractivity contribution is 5.92. The van der Waals surface area contributed by atoms with Gasteiger partial charge in [0.05, 0.1) is 0 Å². The molecule has 0 aliphatic carbocycles. The Balaban J connectivity index is 2.06. The van der Waals surface area contributed by atoms with E-state index < -0.39 is 5.91 Å². The summed E-state index contributed by atoms with van der Waals surface area (Å²) in [7, 11) is 0. The fourth-order valence-corrected chi connectivity index (χ4v) is 2.12. The third-order valence-electron chi connectivity index (χ3n) is 3.52. The van der Waals surface area contributed by atoms with Crippen LogP contribution in [0.4, 0.5) is 0 Å². The van der Waals surface area contributed by atoms with Crippen molar-refractivity contribution in [2.75, 3.05) is 0 Å². The van der Waals surface area contributed by atoms with Gasteiger partial charge in [-0.15, -0.1) is 0 Å². The van der Waals surface area contributed by atoms with Gasteiger partial charge in [0.2, 0.25) is 5.91 Å². The first-order valence-corrected chi connectivity index (χ1v) is 7.13.